The molecule has 0 spiro atoms. The zero-order valence-electron chi connectivity index (χ0n) is 31.6. The van der Waals surface area contributed by atoms with Crippen LogP contribution >= 0.6 is 0 Å². The minimum atomic E-state index is -0.262. The summed E-state index contributed by atoms with van der Waals surface area (Å²) < 4.78 is 11.8. The smallest absolute Gasteiger partial charge is 0.232 e. The highest BCUT2D eigenvalue weighted by Crippen LogP contribution is 2.23. The van der Waals surface area contributed by atoms with Crippen molar-refractivity contribution in [1.29, 1.82) is 0 Å². The van der Waals surface area contributed by atoms with Gasteiger partial charge in [-0.3, -0.25) is 38.6 Å². The standard InChI is InChI=1S/C32H54N4O8.2C2H6/c1-23-18-27(39)35(29(23)41)15-7-10-25(37)33-13-9-17-43-21-32(5,6)22-44-20-31(3,4)12-14-34-26(38)11-8-16-36-28(40)19-24(2)30(36)42;2*1-2/h23-24H,7-22H2,1-6H3,(H,33,37)(H,34,38);2*1-2H3. The molecular formula is C36H66N4O8. The Hall–Kier alpha value is -2.86. The Morgan fingerprint density at radius 3 is 1.52 bits per heavy atom. The molecule has 0 aromatic carbocycles. The van der Waals surface area contributed by atoms with E-state index in [1.165, 1.54) is 9.80 Å². The summed E-state index contributed by atoms with van der Waals surface area (Å²) in [5.41, 5.74) is -0.323. The van der Waals surface area contributed by atoms with Crippen molar-refractivity contribution >= 4 is 35.4 Å². The molecule has 0 radical (unpaired) electrons. The van der Waals surface area contributed by atoms with Gasteiger partial charge in [-0.05, 0) is 31.1 Å². The van der Waals surface area contributed by atoms with Gasteiger partial charge in [0.05, 0.1) is 19.8 Å². The third-order valence-electron chi connectivity index (χ3n) is 7.90. The van der Waals surface area contributed by atoms with E-state index in [0.29, 0.717) is 65.3 Å². The second-order valence-electron chi connectivity index (χ2n) is 13.9. The molecule has 2 unspecified atom stereocenters. The van der Waals surface area contributed by atoms with Crippen molar-refractivity contribution in [3.05, 3.63) is 0 Å². The Labute approximate surface area is 289 Å². The molecule has 48 heavy (non-hydrogen) atoms. The van der Waals surface area contributed by atoms with Gasteiger partial charge in [-0.15, -0.1) is 0 Å². The monoisotopic (exact) mass is 682 g/mol. The van der Waals surface area contributed by atoms with E-state index in [2.05, 4.69) is 38.3 Å². The maximum atomic E-state index is 12.2. The van der Waals surface area contributed by atoms with Crippen LogP contribution in [-0.4, -0.2) is 97.8 Å². The molecule has 2 saturated heterocycles. The summed E-state index contributed by atoms with van der Waals surface area (Å²) in [5.74, 6) is -1.33. The predicted octanol–water partition coefficient (Wildman–Crippen LogP) is 4.49. The fraction of sp³-hybridized carbons (Fsp3) is 0.833. The summed E-state index contributed by atoms with van der Waals surface area (Å²) >= 11 is 0. The summed E-state index contributed by atoms with van der Waals surface area (Å²) in [5, 5.41) is 5.78. The topological polar surface area (TPSA) is 151 Å². The highest BCUT2D eigenvalue weighted by Gasteiger charge is 2.36. The van der Waals surface area contributed by atoms with E-state index in [1.54, 1.807) is 13.8 Å². The van der Waals surface area contributed by atoms with Gasteiger partial charge in [0.2, 0.25) is 35.4 Å². The molecule has 2 atom stereocenters. The first-order valence-corrected chi connectivity index (χ1v) is 18.0. The maximum absolute atomic E-state index is 12.2. The fourth-order valence-electron chi connectivity index (χ4n) is 5.15. The lowest BCUT2D eigenvalue weighted by Crippen LogP contribution is -2.34. The van der Waals surface area contributed by atoms with Crippen molar-refractivity contribution in [1.82, 2.24) is 20.4 Å². The van der Waals surface area contributed by atoms with Gasteiger partial charge in [-0.1, -0.05) is 69.2 Å². The Kier molecular flexibility index (Phi) is 22.1. The number of imide groups is 2. The van der Waals surface area contributed by atoms with Gasteiger partial charge >= 0.3 is 0 Å². The fourth-order valence-corrected chi connectivity index (χ4v) is 5.15. The summed E-state index contributed by atoms with van der Waals surface area (Å²) in [4.78, 5) is 74.3. The molecule has 0 bridgehead atoms. The zero-order valence-corrected chi connectivity index (χ0v) is 31.6. The van der Waals surface area contributed by atoms with Crippen LogP contribution in [0.25, 0.3) is 0 Å². The number of hydrogen-bond donors (Lipinski definition) is 2. The van der Waals surface area contributed by atoms with Crippen LogP contribution in [0.5, 0.6) is 0 Å². The maximum Gasteiger partial charge on any atom is 0.232 e. The number of hydrogen-bond acceptors (Lipinski definition) is 8. The number of rotatable bonds is 21. The Morgan fingerprint density at radius 1 is 0.667 bits per heavy atom. The normalized spacial score (nSPS) is 18.0. The molecule has 0 aliphatic carbocycles. The molecule has 278 valence electrons. The van der Waals surface area contributed by atoms with Crippen LogP contribution in [0.4, 0.5) is 0 Å². The quantitative estimate of drug-likeness (QED) is 0.133. The summed E-state index contributed by atoms with van der Waals surface area (Å²) in [6.45, 7) is 23.5. The molecule has 2 rings (SSSR count). The lowest BCUT2D eigenvalue weighted by molar-refractivity contribution is -0.141. The molecule has 6 amide bonds. The van der Waals surface area contributed by atoms with Gasteiger partial charge in [0, 0.05) is 75.7 Å². The van der Waals surface area contributed by atoms with E-state index < -0.39 is 0 Å². The number of ether oxygens (including phenoxy) is 2. The van der Waals surface area contributed by atoms with Gasteiger partial charge in [0.1, 0.15) is 0 Å². The molecule has 2 heterocycles. The van der Waals surface area contributed by atoms with Crippen LogP contribution in [0.3, 0.4) is 0 Å². The van der Waals surface area contributed by atoms with Crippen LogP contribution in [0.15, 0.2) is 0 Å². The lowest BCUT2D eigenvalue weighted by Gasteiger charge is -2.29. The van der Waals surface area contributed by atoms with Crippen molar-refractivity contribution in [3.63, 3.8) is 0 Å². The molecular weight excluding hydrogens is 616 g/mol. The van der Waals surface area contributed by atoms with Crippen LogP contribution in [0.2, 0.25) is 0 Å². The van der Waals surface area contributed by atoms with Gasteiger partial charge in [-0.2, -0.15) is 0 Å². The van der Waals surface area contributed by atoms with E-state index in [-0.39, 0.29) is 90.3 Å². The molecule has 0 aromatic rings. The predicted molar refractivity (Wildman–Crippen MR) is 187 cm³/mol. The average Bonchev–Trinajstić information content (AvgIpc) is 3.42. The van der Waals surface area contributed by atoms with Crippen molar-refractivity contribution in [2.45, 2.75) is 121 Å². The van der Waals surface area contributed by atoms with E-state index in [0.717, 1.165) is 6.42 Å². The number of likely N-dealkylation sites (tertiary alicyclic amines) is 2. The SMILES string of the molecule is CC.CC.CC1CC(=O)N(CCCC(=O)NCCCOCC(C)(C)COCC(C)(C)CCNC(=O)CCCN2C(=O)CC(C)C2=O)C1=O. The average molecular weight is 683 g/mol. The van der Waals surface area contributed by atoms with Gasteiger partial charge in [-0.25, -0.2) is 0 Å². The van der Waals surface area contributed by atoms with Crippen molar-refractivity contribution in [2.75, 3.05) is 52.6 Å². The minimum Gasteiger partial charge on any atom is -0.381 e. The van der Waals surface area contributed by atoms with Crippen molar-refractivity contribution in [2.24, 2.45) is 22.7 Å². The zero-order chi connectivity index (χ0) is 36.9. The first-order valence-electron chi connectivity index (χ1n) is 18.0. The van der Waals surface area contributed by atoms with E-state index >= 15 is 0 Å². The summed E-state index contributed by atoms with van der Waals surface area (Å²) in [6.07, 6.45) is 3.39. The van der Waals surface area contributed by atoms with E-state index in [4.69, 9.17) is 9.47 Å². The van der Waals surface area contributed by atoms with Gasteiger partial charge in [0.25, 0.3) is 0 Å². The largest absolute Gasteiger partial charge is 0.381 e. The van der Waals surface area contributed by atoms with Crippen LogP contribution in [0, 0.1) is 22.7 Å². The number of carbonyl (C=O) groups is 6. The minimum absolute atomic E-state index is 0.0886. The third-order valence-corrected chi connectivity index (χ3v) is 7.90. The highest BCUT2D eigenvalue weighted by molar-refractivity contribution is 6.03. The van der Waals surface area contributed by atoms with Gasteiger partial charge < -0.3 is 20.1 Å². The van der Waals surface area contributed by atoms with Crippen LogP contribution in [0.1, 0.15) is 121 Å². The Bertz CT molecular complexity index is 1030. The third kappa shape index (κ3) is 17.5. The van der Waals surface area contributed by atoms with E-state index in [9.17, 15) is 28.8 Å². The van der Waals surface area contributed by atoms with Crippen molar-refractivity contribution < 1.29 is 38.2 Å². The van der Waals surface area contributed by atoms with Crippen LogP contribution in [-0.2, 0) is 38.2 Å². The molecule has 0 saturated carbocycles. The summed E-state index contributed by atoms with van der Waals surface area (Å²) in [6, 6.07) is 0. The molecule has 12 nitrogen and oxygen atoms in total. The first-order chi connectivity index (χ1) is 22.6. The van der Waals surface area contributed by atoms with E-state index in [1.807, 2.05) is 27.7 Å². The second kappa shape index (κ2) is 23.5. The second-order valence-corrected chi connectivity index (χ2v) is 13.9. The number of amides is 6. The molecule has 2 aliphatic rings. The number of carbonyl (C=O) groups excluding carboxylic acids is 6. The Morgan fingerprint density at radius 2 is 1.08 bits per heavy atom. The van der Waals surface area contributed by atoms with Crippen molar-refractivity contribution in [3.8, 4) is 0 Å². The van der Waals surface area contributed by atoms with Crippen LogP contribution < -0.4 is 10.6 Å². The molecule has 2 N–H and O–H groups in total. The highest BCUT2D eigenvalue weighted by atomic mass is 16.5. The molecule has 2 aliphatic heterocycles. The first kappa shape index (κ1) is 45.1. The Balaban J connectivity index is 0.00000531. The van der Waals surface area contributed by atoms with Gasteiger partial charge in [0.15, 0.2) is 0 Å². The lowest BCUT2D eigenvalue weighted by atomic mass is 9.90. The number of nitrogens with zero attached hydrogens (tertiary/aromatic N) is 2. The molecule has 0 aromatic heterocycles. The molecule has 2 fully saturated rings. The summed E-state index contributed by atoms with van der Waals surface area (Å²) in [7, 11) is 0. The molecule has 12 heteroatoms. The number of nitrogens with one attached hydrogen (secondary N) is 2.